The number of likely N-dealkylation sites (tertiary alicyclic amines) is 1. The van der Waals surface area contributed by atoms with Gasteiger partial charge in [0.2, 0.25) is 5.91 Å². The van der Waals surface area contributed by atoms with Crippen LogP contribution in [0.15, 0.2) is 53.4 Å². The molecule has 0 bridgehead atoms. The summed E-state index contributed by atoms with van der Waals surface area (Å²) in [7, 11) is -2.25. The monoisotopic (exact) mass is 485 g/mol. The fourth-order valence-corrected chi connectivity index (χ4v) is 5.66. The molecule has 182 valence electrons. The van der Waals surface area contributed by atoms with Gasteiger partial charge in [-0.25, -0.2) is 8.42 Å². The van der Waals surface area contributed by atoms with Gasteiger partial charge in [-0.15, -0.1) is 0 Å². The second-order valence-electron chi connectivity index (χ2n) is 8.94. The maximum atomic E-state index is 13.0. The molecule has 34 heavy (non-hydrogen) atoms. The number of ether oxygens (including phenoxy) is 1. The van der Waals surface area contributed by atoms with Gasteiger partial charge in [0.15, 0.2) is 0 Å². The van der Waals surface area contributed by atoms with Crippen LogP contribution in [-0.2, 0) is 14.8 Å². The molecule has 2 aromatic carbocycles. The first-order valence-electron chi connectivity index (χ1n) is 11.7. The van der Waals surface area contributed by atoms with E-state index in [4.69, 9.17) is 4.74 Å². The largest absolute Gasteiger partial charge is 0.497 e. The van der Waals surface area contributed by atoms with Gasteiger partial charge in [-0.3, -0.25) is 14.3 Å². The molecule has 1 aliphatic carbocycles. The first-order valence-corrected chi connectivity index (χ1v) is 13.2. The lowest BCUT2D eigenvalue weighted by Crippen LogP contribution is -2.47. The lowest BCUT2D eigenvalue weighted by molar-refractivity contribution is -0.127. The summed E-state index contributed by atoms with van der Waals surface area (Å²) in [5.41, 5.74) is 0.823. The van der Waals surface area contributed by atoms with E-state index in [0.717, 1.165) is 38.5 Å². The number of piperidine rings is 1. The maximum absolute atomic E-state index is 13.0. The van der Waals surface area contributed by atoms with Gasteiger partial charge >= 0.3 is 0 Å². The summed E-state index contributed by atoms with van der Waals surface area (Å²) in [5.74, 6) is 0.280. The highest BCUT2D eigenvalue weighted by Crippen LogP contribution is 2.23. The van der Waals surface area contributed by atoms with Crippen LogP contribution in [-0.4, -0.2) is 51.4 Å². The zero-order chi connectivity index (χ0) is 24.1. The Morgan fingerprint density at radius 2 is 1.62 bits per heavy atom. The van der Waals surface area contributed by atoms with Gasteiger partial charge in [-0.1, -0.05) is 12.8 Å². The van der Waals surface area contributed by atoms with Crippen LogP contribution in [0.3, 0.4) is 0 Å². The number of methoxy groups -OCH3 is 1. The molecule has 1 heterocycles. The molecule has 1 saturated carbocycles. The fraction of sp³-hybridized carbons (Fsp3) is 0.440. The standard InChI is InChI=1S/C25H31N3O5S/c1-33-22-12-14-23(15-13-22)34(31,32)27-21-10-8-18(9-11-21)25(30)28-16-4-5-19(17-28)24(29)26-20-6-2-3-7-20/h8-15,19-20,27H,2-7,16-17H2,1H3,(H,26,29). The molecule has 2 aliphatic rings. The predicted molar refractivity (Wildman–Crippen MR) is 129 cm³/mol. The lowest BCUT2D eigenvalue weighted by atomic mass is 9.96. The number of amides is 2. The van der Waals surface area contributed by atoms with Crippen molar-refractivity contribution < 1.29 is 22.7 Å². The Morgan fingerprint density at radius 3 is 2.26 bits per heavy atom. The van der Waals surface area contributed by atoms with Gasteiger partial charge in [-0.2, -0.15) is 0 Å². The van der Waals surface area contributed by atoms with E-state index in [1.165, 1.54) is 19.2 Å². The molecule has 0 spiro atoms. The van der Waals surface area contributed by atoms with E-state index in [2.05, 4.69) is 10.0 Å². The summed E-state index contributed by atoms with van der Waals surface area (Å²) in [6.45, 7) is 1.02. The summed E-state index contributed by atoms with van der Waals surface area (Å²) in [5, 5.41) is 3.15. The molecule has 2 amide bonds. The Labute approximate surface area is 200 Å². The van der Waals surface area contributed by atoms with Crippen molar-refractivity contribution in [2.24, 2.45) is 5.92 Å². The van der Waals surface area contributed by atoms with Crippen LogP contribution in [0.1, 0.15) is 48.9 Å². The Hall–Kier alpha value is -3.07. The second kappa shape index (κ2) is 10.5. The number of sulfonamides is 1. The number of hydrogen-bond acceptors (Lipinski definition) is 5. The van der Waals surface area contributed by atoms with Crippen LogP contribution in [0.25, 0.3) is 0 Å². The van der Waals surface area contributed by atoms with Crippen molar-refractivity contribution >= 4 is 27.5 Å². The van der Waals surface area contributed by atoms with E-state index in [1.807, 2.05) is 0 Å². The number of nitrogens with one attached hydrogen (secondary N) is 2. The minimum atomic E-state index is -3.76. The Morgan fingerprint density at radius 1 is 0.941 bits per heavy atom. The van der Waals surface area contributed by atoms with Crippen LogP contribution in [0, 0.1) is 5.92 Å². The van der Waals surface area contributed by atoms with Crippen molar-refractivity contribution in [1.29, 1.82) is 0 Å². The molecule has 1 atom stereocenters. The molecular formula is C25H31N3O5S. The zero-order valence-corrected chi connectivity index (χ0v) is 20.1. The van der Waals surface area contributed by atoms with Gasteiger partial charge < -0.3 is 15.0 Å². The molecule has 4 rings (SSSR count). The molecular weight excluding hydrogens is 454 g/mol. The third-order valence-corrected chi connectivity index (χ3v) is 7.93. The van der Waals surface area contributed by atoms with Crippen molar-refractivity contribution in [1.82, 2.24) is 10.2 Å². The van der Waals surface area contributed by atoms with Crippen molar-refractivity contribution in [2.75, 3.05) is 24.9 Å². The minimum Gasteiger partial charge on any atom is -0.497 e. The summed E-state index contributed by atoms with van der Waals surface area (Å²) in [6.07, 6.45) is 5.97. The van der Waals surface area contributed by atoms with Crippen molar-refractivity contribution in [3.63, 3.8) is 0 Å². The average Bonchev–Trinajstić information content (AvgIpc) is 3.37. The molecule has 2 aromatic rings. The van der Waals surface area contributed by atoms with Crippen molar-refractivity contribution in [2.45, 2.75) is 49.5 Å². The number of carbonyl (C=O) groups excluding carboxylic acids is 2. The molecule has 2 fully saturated rings. The van der Waals surface area contributed by atoms with Crippen LogP contribution in [0.2, 0.25) is 0 Å². The van der Waals surface area contributed by atoms with E-state index in [-0.39, 0.29) is 28.7 Å². The minimum absolute atomic E-state index is 0.0488. The maximum Gasteiger partial charge on any atom is 0.261 e. The third kappa shape index (κ3) is 5.70. The van der Waals surface area contributed by atoms with Crippen LogP contribution < -0.4 is 14.8 Å². The van der Waals surface area contributed by atoms with Crippen LogP contribution in [0.5, 0.6) is 5.75 Å². The lowest BCUT2D eigenvalue weighted by Gasteiger charge is -2.32. The summed E-state index contributed by atoms with van der Waals surface area (Å²) in [4.78, 5) is 27.5. The van der Waals surface area contributed by atoms with E-state index in [9.17, 15) is 18.0 Å². The summed E-state index contributed by atoms with van der Waals surface area (Å²) < 4.78 is 32.8. The molecule has 2 N–H and O–H groups in total. The second-order valence-corrected chi connectivity index (χ2v) is 10.6. The van der Waals surface area contributed by atoms with Gasteiger partial charge in [0.05, 0.1) is 17.9 Å². The number of carbonyl (C=O) groups is 2. The number of nitrogens with zero attached hydrogens (tertiary/aromatic N) is 1. The van der Waals surface area contributed by atoms with E-state index >= 15 is 0 Å². The normalized spacial score (nSPS) is 19.0. The first kappa shape index (κ1) is 24.1. The first-order chi connectivity index (χ1) is 16.4. The van der Waals surface area contributed by atoms with Gasteiger partial charge in [0.1, 0.15) is 5.75 Å². The number of rotatable bonds is 7. The molecule has 1 unspecified atom stereocenters. The van der Waals surface area contributed by atoms with Gasteiger partial charge in [0.25, 0.3) is 15.9 Å². The zero-order valence-electron chi connectivity index (χ0n) is 19.3. The highest BCUT2D eigenvalue weighted by atomic mass is 32.2. The topological polar surface area (TPSA) is 105 Å². The van der Waals surface area contributed by atoms with Crippen LogP contribution >= 0.6 is 0 Å². The predicted octanol–water partition coefficient (Wildman–Crippen LogP) is 3.41. The fourth-order valence-electron chi connectivity index (χ4n) is 4.60. The Kier molecular flexibility index (Phi) is 7.41. The molecule has 0 radical (unpaired) electrons. The Balaban J connectivity index is 1.36. The quantitative estimate of drug-likeness (QED) is 0.625. The van der Waals surface area contributed by atoms with Crippen LogP contribution in [0.4, 0.5) is 5.69 Å². The number of hydrogen-bond donors (Lipinski definition) is 2. The third-order valence-electron chi connectivity index (χ3n) is 6.53. The summed E-state index contributed by atoms with van der Waals surface area (Å²) in [6, 6.07) is 12.7. The van der Waals surface area contributed by atoms with Gasteiger partial charge in [0, 0.05) is 30.4 Å². The van der Waals surface area contributed by atoms with Crippen molar-refractivity contribution in [3.8, 4) is 5.75 Å². The number of anilines is 1. The average molecular weight is 486 g/mol. The molecule has 1 aliphatic heterocycles. The van der Waals surface area contributed by atoms with E-state index in [1.54, 1.807) is 41.3 Å². The highest BCUT2D eigenvalue weighted by molar-refractivity contribution is 7.92. The molecule has 1 saturated heterocycles. The van der Waals surface area contributed by atoms with Crippen molar-refractivity contribution in [3.05, 3.63) is 54.1 Å². The molecule has 8 nitrogen and oxygen atoms in total. The SMILES string of the molecule is COc1ccc(S(=O)(=O)Nc2ccc(C(=O)N3CCCC(C(=O)NC4CCCC4)C3)cc2)cc1. The Bertz CT molecular complexity index is 1110. The molecule has 9 heteroatoms. The van der Waals surface area contributed by atoms with E-state index in [0.29, 0.717) is 30.1 Å². The highest BCUT2D eigenvalue weighted by Gasteiger charge is 2.30. The molecule has 0 aromatic heterocycles. The number of benzene rings is 2. The smallest absolute Gasteiger partial charge is 0.261 e. The summed E-state index contributed by atoms with van der Waals surface area (Å²) >= 11 is 0. The van der Waals surface area contributed by atoms with E-state index < -0.39 is 10.0 Å². The van der Waals surface area contributed by atoms with Gasteiger partial charge in [-0.05, 0) is 74.2 Å².